The minimum atomic E-state index is 0.219. The number of para-hydroxylation sites is 1. The molecule has 2 heterocycles. The van der Waals surface area contributed by atoms with Crippen molar-refractivity contribution in [2.45, 2.75) is 32.9 Å². The van der Waals surface area contributed by atoms with Gasteiger partial charge in [0.05, 0.1) is 13.7 Å². The van der Waals surface area contributed by atoms with Crippen LogP contribution in [-0.2, 0) is 17.8 Å². The number of nitrogens with zero attached hydrogens (tertiary/aromatic N) is 3. The van der Waals surface area contributed by atoms with Gasteiger partial charge in [-0.05, 0) is 38.0 Å². The lowest BCUT2D eigenvalue weighted by Crippen LogP contribution is -2.50. The summed E-state index contributed by atoms with van der Waals surface area (Å²) in [6.07, 6.45) is 0.952. The highest BCUT2D eigenvalue weighted by molar-refractivity contribution is 5.97. The highest BCUT2D eigenvalue weighted by Crippen LogP contribution is 2.32. The van der Waals surface area contributed by atoms with Crippen molar-refractivity contribution in [3.63, 3.8) is 0 Å². The van der Waals surface area contributed by atoms with E-state index in [1.165, 1.54) is 16.7 Å². The molecule has 1 saturated heterocycles. The minimum Gasteiger partial charge on any atom is -0.496 e. The maximum Gasteiger partial charge on any atom is 0.241 e. The molecule has 0 aromatic heterocycles. The molecule has 0 spiro atoms. The molecule has 5 nitrogen and oxygen atoms in total. The first-order chi connectivity index (χ1) is 14.0. The van der Waals surface area contributed by atoms with Crippen LogP contribution >= 0.6 is 0 Å². The normalized spacial score (nSPS) is 20.0. The summed E-state index contributed by atoms with van der Waals surface area (Å²) in [5, 5.41) is 0. The first kappa shape index (κ1) is 19.9. The van der Waals surface area contributed by atoms with Gasteiger partial charge in [-0.25, -0.2) is 0 Å². The van der Waals surface area contributed by atoms with Gasteiger partial charge in [-0.2, -0.15) is 0 Å². The van der Waals surface area contributed by atoms with E-state index in [0.29, 0.717) is 6.54 Å². The highest BCUT2D eigenvalue weighted by atomic mass is 16.5. The number of hydrogen-bond donors (Lipinski definition) is 0. The van der Waals surface area contributed by atoms with Crippen molar-refractivity contribution < 1.29 is 9.53 Å². The van der Waals surface area contributed by atoms with Crippen molar-refractivity contribution in [1.82, 2.24) is 9.80 Å². The van der Waals surface area contributed by atoms with Gasteiger partial charge in [-0.15, -0.1) is 0 Å². The van der Waals surface area contributed by atoms with Crippen molar-refractivity contribution in [3.8, 4) is 5.75 Å². The molecule has 29 heavy (non-hydrogen) atoms. The Labute approximate surface area is 173 Å². The zero-order valence-corrected chi connectivity index (χ0v) is 17.7. The summed E-state index contributed by atoms with van der Waals surface area (Å²) in [4.78, 5) is 19.8. The van der Waals surface area contributed by atoms with Crippen LogP contribution in [0.2, 0.25) is 0 Å². The molecule has 2 aliphatic rings. The first-order valence-electron chi connectivity index (χ1n) is 10.5. The topological polar surface area (TPSA) is 36.0 Å². The van der Waals surface area contributed by atoms with E-state index in [1.54, 1.807) is 7.11 Å². The maximum absolute atomic E-state index is 13.0. The van der Waals surface area contributed by atoms with E-state index in [1.807, 2.05) is 11.0 Å². The smallest absolute Gasteiger partial charge is 0.241 e. The summed E-state index contributed by atoms with van der Waals surface area (Å²) in [6.45, 7) is 9.43. The van der Waals surface area contributed by atoms with E-state index < -0.39 is 0 Å². The largest absolute Gasteiger partial charge is 0.496 e. The summed E-state index contributed by atoms with van der Waals surface area (Å²) in [5.41, 5.74) is 4.87. The van der Waals surface area contributed by atoms with Crippen LogP contribution in [0.5, 0.6) is 5.75 Å². The number of anilines is 1. The Morgan fingerprint density at radius 3 is 2.55 bits per heavy atom. The van der Waals surface area contributed by atoms with Crippen molar-refractivity contribution in [2.75, 3.05) is 44.7 Å². The summed E-state index contributed by atoms with van der Waals surface area (Å²) in [7, 11) is 1.73. The Balaban J connectivity index is 1.33. The standard InChI is InChI=1S/C24H31N3O2/c1-18-8-9-23(29-3)21(14-18)16-25-10-12-26(13-11-25)17-24(28)27-19(2)15-20-6-4-5-7-22(20)27/h4-9,14,19H,10-13,15-17H2,1-3H3. The molecule has 1 amide bonds. The molecule has 1 unspecified atom stereocenters. The number of aryl methyl sites for hydroxylation is 1. The number of hydrogen-bond acceptors (Lipinski definition) is 4. The van der Waals surface area contributed by atoms with Crippen LogP contribution < -0.4 is 9.64 Å². The average molecular weight is 394 g/mol. The summed E-state index contributed by atoms with van der Waals surface area (Å²) in [5.74, 6) is 1.17. The van der Waals surface area contributed by atoms with E-state index >= 15 is 0 Å². The van der Waals surface area contributed by atoms with Crippen LogP contribution in [0.4, 0.5) is 5.69 Å². The number of fused-ring (bicyclic) bond motifs is 1. The molecule has 1 atom stereocenters. The van der Waals surface area contributed by atoms with Crippen LogP contribution in [0.25, 0.3) is 0 Å². The number of methoxy groups -OCH3 is 1. The van der Waals surface area contributed by atoms with Crippen molar-refractivity contribution >= 4 is 11.6 Å². The fraction of sp³-hybridized carbons (Fsp3) is 0.458. The van der Waals surface area contributed by atoms with E-state index in [0.717, 1.165) is 50.6 Å². The van der Waals surface area contributed by atoms with Crippen molar-refractivity contribution in [2.24, 2.45) is 0 Å². The first-order valence-corrected chi connectivity index (χ1v) is 10.5. The molecule has 5 heteroatoms. The maximum atomic E-state index is 13.0. The third-order valence-corrected chi connectivity index (χ3v) is 6.13. The van der Waals surface area contributed by atoms with Gasteiger partial charge in [0, 0.05) is 50.0 Å². The van der Waals surface area contributed by atoms with Crippen LogP contribution in [0.15, 0.2) is 42.5 Å². The highest BCUT2D eigenvalue weighted by Gasteiger charge is 2.31. The Bertz CT molecular complexity index is 874. The fourth-order valence-electron chi connectivity index (χ4n) is 4.59. The molecule has 2 aromatic rings. The molecule has 154 valence electrons. The van der Waals surface area contributed by atoms with E-state index in [4.69, 9.17) is 4.74 Å². The average Bonchev–Trinajstić information content (AvgIpc) is 3.05. The number of benzene rings is 2. The second kappa shape index (κ2) is 8.56. The predicted octanol–water partition coefficient (Wildman–Crippen LogP) is 3.10. The fourth-order valence-corrected chi connectivity index (χ4v) is 4.59. The number of ether oxygens (including phenoxy) is 1. The lowest BCUT2D eigenvalue weighted by atomic mass is 10.1. The third kappa shape index (κ3) is 4.31. The molecule has 2 aromatic carbocycles. The molecule has 0 N–H and O–H groups in total. The predicted molar refractivity (Wildman–Crippen MR) is 117 cm³/mol. The number of carbonyl (C=O) groups is 1. The quantitative estimate of drug-likeness (QED) is 0.782. The molecule has 1 fully saturated rings. The van der Waals surface area contributed by atoms with E-state index in [9.17, 15) is 4.79 Å². The Morgan fingerprint density at radius 2 is 1.79 bits per heavy atom. The number of amides is 1. The SMILES string of the molecule is COc1ccc(C)cc1CN1CCN(CC(=O)N2c3ccccc3CC2C)CC1. The second-order valence-corrected chi connectivity index (χ2v) is 8.31. The van der Waals surface area contributed by atoms with E-state index in [-0.39, 0.29) is 11.9 Å². The van der Waals surface area contributed by atoms with Crippen LogP contribution in [-0.4, -0.2) is 61.6 Å². The summed E-state index contributed by atoms with van der Waals surface area (Å²) in [6, 6.07) is 14.9. The minimum absolute atomic E-state index is 0.219. The van der Waals surface area contributed by atoms with Gasteiger partial charge >= 0.3 is 0 Å². The summed E-state index contributed by atoms with van der Waals surface area (Å²) >= 11 is 0. The zero-order valence-electron chi connectivity index (χ0n) is 17.7. The monoisotopic (exact) mass is 393 g/mol. The lowest BCUT2D eigenvalue weighted by molar-refractivity contribution is -0.120. The Kier molecular flexibility index (Phi) is 5.88. The Morgan fingerprint density at radius 1 is 1.07 bits per heavy atom. The second-order valence-electron chi connectivity index (χ2n) is 8.31. The van der Waals surface area contributed by atoms with Crippen LogP contribution in [0, 0.1) is 6.92 Å². The molecular formula is C24H31N3O2. The van der Waals surface area contributed by atoms with Gasteiger partial charge < -0.3 is 9.64 Å². The van der Waals surface area contributed by atoms with E-state index in [2.05, 4.69) is 60.0 Å². The Hall–Kier alpha value is -2.37. The van der Waals surface area contributed by atoms with Crippen molar-refractivity contribution in [3.05, 3.63) is 59.2 Å². The molecule has 2 aliphatic heterocycles. The molecular weight excluding hydrogens is 362 g/mol. The van der Waals surface area contributed by atoms with Gasteiger partial charge in [-0.3, -0.25) is 14.6 Å². The van der Waals surface area contributed by atoms with Gasteiger partial charge in [0.2, 0.25) is 5.91 Å². The number of rotatable bonds is 5. The van der Waals surface area contributed by atoms with Gasteiger partial charge in [0.1, 0.15) is 5.75 Å². The zero-order chi connectivity index (χ0) is 20.4. The van der Waals surface area contributed by atoms with Gasteiger partial charge in [0.15, 0.2) is 0 Å². The molecule has 0 aliphatic carbocycles. The number of carbonyl (C=O) groups excluding carboxylic acids is 1. The third-order valence-electron chi connectivity index (χ3n) is 6.13. The summed E-state index contributed by atoms with van der Waals surface area (Å²) < 4.78 is 5.52. The molecule has 0 bridgehead atoms. The molecule has 0 saturated carbocycles. The molecule has 4 rings (SSSR count). The lowest BCUT2D eigenvalue weighted by Gasteiger charge is -2.35. The molecule has 0 radical (unpaired) electrons. The van der Waals surface area contributed by atoms with Gasteiger partial charge in [-0.1, -0.05) is 35.9 Å². The van der Waals surface area contributed by atoms with Gasteiger partial charge in [0.25, 0.3) is 0 Å². The van der Waals surface area contributed by atoms with Crippen LogP contribution in [0.3, 0.4) is 0 Å². The number of piperazine rings is 1. The van der Waals surface area contributed by atoms with Crippen molar-refractivity contribution in [1.29, 1.82) is 0 Å². The van der Waals surface area contributed by atoms with Crippen LogP contribution in [0.1, 0.15) is 23.6 Å².